The fourth-order valence-corrected chi connectivity index (χ4v) is 3.28. The van der Waals surface area contributed by atoms with Gasteiger partial charge in [-0.15, -0.1) is 0 Å². The summed E-state index contributed by atoms with van der Waals surface area (Å²) in [5, 5.41) is 2.87. The Kier molecular flexibility index (Phi) is 6.14. The molecular formula is C11H24NO5P. The van der Waals surface area contributed by atoms with Crippen LogP contribution < -0.4 is 0 Å². The highest BCUT2D eigenvalue weighted by atomic mass is 31.2. The van der Waals surface area contributed by atoms with E-state index in [0.29, 0.717) is 6.42 Å². The monoisotopic (exact) mass is 281 g/mol. The fraction of sp³-hybridized carbons (Fsp3) is 1.00. The molecule has 7 heteroatoms. The Morgan fingerprint density at radius 1 is 1.28 bits per heavy atom. The van der Waals surface area contributed by atoms with Crippen LogP contribution in [0.25, 0.3) is 0 Å². The van der Waals surface area contributed by atoms with Gasteiger partial charge in [0, 0.05) is 0 Å². The molecule has 18 heavy (non-hydrogen) atoms. The van der Waals surface area contributed by atoms with Crippen LogP contribution in [0.5, 0.6) is 0 Å². The Bertz CT molecular complexity index is 327. The minimum Gasteiger partial charge on any atom is -0.302 e. The second kappa shape index (κ2) is 6.24. The van der Waals surface area contributed by atoms with E-state index in [0.717, 1.165) is 0 Å². The normalized spacial score (nSPS) is 16.7. The second-order valence-corrected chi connectivity index (χ2v) is 7.43. The van der Waals surface area contributed by atoms with Crippen LogP contribution in [-0.2, 0) is 13.6 Å². The molecule has 0 bridgehead atoms. The molecule has 0 aromatic carbocycles. The molecule has 0 saturated heterocycles. The van der Waals surface area contributed by atoms with E-state index in [9.17, 15) is 14.4 Å². The molecule has 0 aromatic rings. The van der Waals surface area contributed by atoms with E-state index in [1.807, 2.05) is 13.8 Å². The molecule has 0 aliphatic heterocycles. The quantitative estimate of drug-likeness (QED) is 0.543. The summed E-state index contributed by atoms with van der Waals surface area (Å²) < 4.78 is 21.7. The van der Waals surface area contributed by atoms with Crippen LogP contribution in [-0.4, -0.2) is 23.1 Å². The molecule has 0 spiro atoms. The first-order chi connectivity index (χ1) is 7.89. The van der Waals surface area contributed by atoms with Crippen LogP contribution in [0.3, 0.4) is 0 Å². The van der Waals surface area contributed by atoms with E-state index in [4.69, 9.17) is 9.05 Å². The number of hydrogen-bond donors (Lipinski definition) is 1. The molecule has 0 aliphatic rings. The van der Waals surface area contributed by atoms with Gasteiger partial charge in [-0.05, 0) is 39.5 Å². The zero-order valence-electron chi connectivity index (χ0n) is 12.0. The number of nitrogens with zero attached hydrogens (tertiary/aromatic N) is 1. The van der Waals surface area contributed by atoms with Crippen molar-refractivity contribution in [1.82, 2.24) is 0 Å². The second-order valence-electron chi connectivity index (χ2n) is 6.10. The van der Waals surface area contributed by atoms with E-state index in [1.165, 1.54) is 0 Å². The van der Waals surface area contributed by atoms with Crippen molar-refractivity contribution >= 4 is 7.82 Å². The molecule has 1 N–H and O–H groups in total. The highest BCUT2D eigenvalue weighted by molar-refractivity contribution is 7.47. The van der Waals surface area contributed by atoms with Gasteiger partial charge in [-0.25, -0.2) is 4.57 Å². The molecule has 0 aromatic heterocycles. The lowest BCUT2D eigenvalue weighted by Gasteiger charge is -2.34. The Balaban J connectivity index is 4.65. The minimum atomic E-state index is -4.08. The predicted molar refractivity (Wildman–Crippen MR) is 70.3 cm³/mol. The van der Waals surface area contributed by atoms with Crippen LogP contribution in [0.2, 0.25) is 0 Å². The smallest absolute Gasteiger partial charge is 0.302 e. The summed E-state index contributed by atoms with van der Waals surface area (Å²) in [6.45, 7) is 10.5. The number of hydrogen-bond acceptors (Lipinski definition) is 5. The van der Waals surface area contributed by atoms with Gasteiger partial charge in [0.05, 0.1) is 18.2 Å². The molecule has 0 fully saturated rings. The van der Waals surface area contributed by atoms with Gasteiger partial charge in [-0.1, -0.05) is 19.0 Å². The Hall–Kier alpha value is -0.290. The molecule has 6 nitrogen and oxygen atoms in total. The average molecular weight is 281 g/mol. The molecule has 1 atom stereocenters. The Morgan fingerprint density at radius 2 is 1.78 bits per heavy atom. The first-order valence-electron chi connectivity index (χ1n) is 5.90. The SMILES string of the molecule is CC(C)OP(=O)(O)OC(C)(C)CC(C)(C)CN=O. The maximum absolute atomic E-state index is 11.7. The van der Waals surface area contributed by atoms with Gasteiger partial charge in [0.25, 0.3) is 0 Å². The van der Waals surface area contributed by atoms with Crippen molar-refractivity contribution in [3.8, 4) is 0 Å². The molecule has 0 radical (unpaired) electrons. The molecule has 0 rings (SSSR count). The fourth-order valence-electron chi connectivity index (χ4n) is 2.02. The molecule has 0 saturated carbocycles. The largest absolute Gasteiger partial charge is 0.472 e. The summed E-state index contributed by atoms with van der Waals surface area (Å²) in [4.78, 5) is 19.9. The topological polar surface area (TPSA) is 85.2 Å². The van der Waals surface area contributed by atoms with Gasteiger partial charge < -0.3 is 4.89 Å². The third-order valence-electron chi connectivity index (χ3n) is 2.10. The molecule has 0 aliphatic carbocycles. The summed E-state index contributed by atoms with van der Waals surface area (Å²) in [5.74, 6) is 0. The van der Waals surface area contributed by atoms with E-state index >= 15 is 0 Å². The lowest BCUT2D eigenvalue weighted by Crippen LogP contribution is -2.32. The Labute approximate surface area is 109 Å². The van der Waals surface area contributed by atoms with Gasteiger partial charge in [0.15, 0.2) is 0 Å². The summed E-state index contributed by atoms with van der Waals surface area (Å²) in [6.07, 6.45) is 0.0128. The predicted octanol–water partition coefficient (Wildman–Crippen LogP) is 3.49. The van der Waals surface area contributed by atoms with Crippen molar-refractivity contribution in [3.63, 3.8) is 0 Å². The molecule has 1 unspecified atom stereocenters. The maximum Gasteiger partial charge on any atom is 0.472 e. The van der Waals surface area contributed by atoms with Crippen LogP contribution in [0.4, 0.5) is 0 Å². The van der Waals surface area contributed by atoms with Gasteiger partial charge in [0.1, 0.15) is 0 Å². The van der Waals surface area contributed by atoms with Crippen molar-refractivity contribution < 1.29 is 18.5 Å². The van der Waals surface area contributed by atoms with Crippen molar-refractivity contribution in [2.45, 2.75) is 59.7 Å². The third-order valence-corrected chi connectivity index (χ3v) is 3.52. The van der Waals surface area contributed by atoms with Crippen molar-refractivity contribution in [1.29, 1.82) is 0 Å². The zero-order chi connectivity index (χ0) is 14.6. The lowest BCUT2D eigenvalue weighted by atomic mass is 9.82. The van der Waals surface area contributed by atoms with Gasteiger partial charge in [-0.2, -0.15) is 4.91 Å². The van der Waals surface area contributed by atoms with Crippen molar-refractivity contribution in [2.75, 3.05) is 6.54 Å². The molecular weight excluding hydrogens is 257 g/mol. The number of rotatable bonds is 8. The first-order valence-corrected chi connectivity index (χ1v) is 7.40. The van der Waals surface area contributed by atoms with E-state index < -0.39 is 24.9 Å². The third kappa shape index (κ3) is 7.93. The Morgan fingerprint density at radius 3 is 2.17 bits per heavy atom. The molecule has 108 valence electrons. The van der Waals surface area contributed by atoms with Crippen molar-refractivity contribution in [2.24, 2.45) is 10.6 Å². The molecule has 0 amide bonds. The number of nitroso groups, excluding NO2 is 1. The molecule has 0 heterocycles. The zero-order valence-corrected chi connectivity index (χ0v) is 12.9. The van der Waals surface area contributed by atoms with Gasteiger partial charge in [0.2, 0.25) is 0 Å². The van der Waals surface area contributed by atoms with Crippen molar-refractivity contribution in [3.05, 3.63) is 4.91 Å². The van der Waals surface area contributed by atoms with E-state index in [1.54, 1.807) is 27.7 Å². The van der Waals surface area contributed by atoms with Crippen LogP contribution in [0.1, 0.15) is 48.0 Å². The van der Waals surface area contributed by atoms with Crippen LogP contribution >= 0.6 is 7.82 Å². The van der Waals surface area contributed by atoms with E-state index in [2.05, 4.69) is 5.18 Å². The summed E-state index contributed by atoms with van der Waals surface area (Å²) in [7, 11) is -4.08. The van der Waals surface area contributed by atoms with Gasteiger partial charge in [-0.3, -0.25) is 9.05 Å². The average Bonchev–Trinajstić information content (AvgIpc) is 1.93. The highest BCUT2D eigenvalue weighted by Gasteiger charge is 2.37. The van der Waals surface area contributed by atoms with E-state index in [-0.39, 0.29) is 6.54 Å². The first kappa shape index (κ1) is 17.7. The summed E-state index contributed by atoms with van der Waals surface area (Å²) in [5.41, 5.74) is -1.28. The summed E-state index contributed by atoms with van der Waals surface area (Å²) in [6, 6.07) is 0. The van der Waals surface area contributed by atoms with Crippen LogP contribution in [0.15, 0.2) is 5.18 Å². The highest BCUT2D eigenvalue weighted by Crippen LogP contribution is 2.50. The number of phosphoric acid groups is 1. The minimum absolute atomic E-state index is 0.126. The summed E-state index contributed by atoms with van der Waals surface area (Å²) >= 11 is 0. The maximum atomic E-state index is 11.7. The van der Waals surface area contributed by atoms with Gasteiger partial charge >= 0.3 is 7.82 Å². The lowest BCUT2D eigenvalue weighted by molar-refractivity contribution is 0.0108. The van der Waals surface area contributed by atoms with Crippen LogP contribution in [0, 0.1) is 10.3 Å². The number of phosphoric ester groups is 1. The standard InChI is InChI=1S/C11H24NO5P/c1-9(2)16-18(14,15)17-11(5,6)7-10(3,4)8-12-13/h9H,7-8H2,1-6H3,(H,14,15).